The van der Waals surface area contributed by atoms with Gasteiger partial charge in [-0.05, 0) is 179 Å². The maximum atomic E-state index is 2.47. The number of hydrogen-bond donors (Lipinski definition) is 0. The van der Waals surface area contributed by atoms with Crippen molar-refractivity contribution in [1.82, 2.24) is 0 Å². The Morgan fingerprint density at radius 2 is 0.441 bits per heavy atom. The SMILES string of the molecule is CC(C)(C)c1ccc(-c2cc3c4cc(-c5ccc6c(-c7ccccc7)cc7c8ccccc8c(-c8ccccc8)cc7c6c5)ccc4c(-c4ccc(C(C)(C)C)cc4)cc3c3ccccc23)cc1. The van der Waals surface area contributed by atoms with Crippen LogP contribution in [0.1, 0.15) is 52.7 Å². The molecule has 0 aliphatic heterocycles. The van der Waals surface area contributed by atoms with Crippen molar-refractivity contribution in [3.05, 3.63) is 230 Å². The van der Waals surface area contributed by atoms with Crippen molar-refractivity contribution >= 4 is 64.6 Å². The smallest absolute Gasteiger partial charge is 0.00921 e. The molecule has 12 aromatic rings. The molecule has 0 heteroatoms. The van der Waals surface area contributed by atoms with Crippen LogP contribution in [-0.4, -0.2) is 0 Å². The van der Waals surface area contributed by atoms with Crippen LogP contribution in [0.5, 0.6) is 0 Å². The van der Waals surface area contributed by atoms with E-state index in [9.17, 15) is 0 Å². The van der Waals surface area contributed by atoms with Crippen LogP contribution >= 0.6 is 0 Å². The van der Waals surface area contributed by atoms with Crippen LogP contribution in [-0.2, 0) is 10.8 Å². The second kappa shape index (κ2) is 15.9. The largest absolute Gasteiger partial charge is 0.0622 e. The van der Waals surface area contributed by atoms with Gasteiger partial charge < -0.3 is 0 Å². The zero-order valence-electron chi connectivity index (χ0n) is 39.8. The first-order valence-electron chi connectivity index (χ1n) is 24.2. The van der Waals surface area contributed by atoms with Crippen LogP contribution in [0.4, 0.5) is 0 Å². The van der Waals surface area contributed by atoms with E-state index < -0.39 is 0 Å². The third kappa shape index (κ3) is 7.06. The molecule has 0 saturated heterocycles. The zero-order chi connectivity index (χ0) is 46.3. The average Bonchev–Trinajstić information content (AvgIpc) is 3.37. The van der Waals surface area contributed by atoms with Gasteiger partial charge in [0.15, 0.2) is 0 Å². The molecule has 0 heterocycles. The Balaban J connectivity index is 1.14. The summed E-state index contributed by atoms with van der Waals surface area (Å²) in [6.07, 6.45) is 0. The van der Waals surface area contributed by atoms with E-state index in [0.717, 1.165) is 0 Å². The summed E-state index contributed by atoms with van der Waals surface area (Å²) < 4.78 is 0. The first-order valence-corrected chi connectivity index (χ1v) is 24.2. The molecule has 12 aromatic carbocycles. The molecule has 0 aromatic heterocycles. The Bertz CT molecular complexity index is 3920. The Labute approximate surface area is 400 Å². The van der Waals surface area contributed by atoms with Crippen molar-refractivity contribution in [1.29, 1.82) is 0 Å². The molecule has 0 amide bonds. The monoisotopic (exact) mass is 870 g/mol. The first kappa shape index (κ1) is 41.6. The Hall–Kier alpha value is -7.80. The van der Waals surface area contributed by atoms with Crippen LogP contribution < -0.4 is 0 Å². The fraction of sp³-hybridized carbons (Fsp3) is 0.118. The van der Waals surface area contributed by atoms with E-state index >= 15 is 0 Å². The number of benzene rings is 12. The fourth-order valence-corrected chi connectivity index (χ4v) is 10.8. The van der Waals surface area contributed by atoms with Crippen molar-refractivity contribution in [2.24, 2.45) is 0 Å². The van der Waals surface area contributed by atoms with Gasteiger partial charge >= 0.3 is 0 Å². The summed E-state index contributed by atoms with van der Waals surface area (Å²) in [6, 6.07) is 82.4. The van der Waals surface area contributed by atoms with Crippen molar-refractivity contribution in [2.75, 3.05) is 0 Å². The molecule has 0 nitrogen and oxygen atoms in total. The van der Waals surface area contributed by atoms with Gasteiger partial charge in [0, 0.05) is 0 Å². The second-order valence-corrected chi connectivity index (χ2v) is 20.9. The molecule has 0 aliphatic carbocycles. The van der Waals surface area contributed by atoms with Crippen LogP contribution in [0, 0.1) is 0 Å². The van der Waals surface area contributed by atoms with Crippen molar-refractivity contribution in [2.45, 2.75) is 52.4 Å². The van der Waals surface area contributed by atoms with Crippen molar-refractivity contribution in [3.8, 4) is 55.6 Å². The first-order chi connectivity index (χ1) is 33.0. The van der Waals surface area contributed by atoms with Crippen LogP contribution in [0.15, 0.2) is 218 Å². The van der Waals surface area contributed by atoms with Gasteiger partial charge in [0.25, 0.3) is 0 Å². The fourth-order valence-electron chi connectivity index (χ4n) is 10.8. The van der Waals surface area contributed by atoms with Gasteiger partial charge in [-0.15, -0.1) is 0 Å². The number of hydrogen-bond acceptors (Lipinski definition) is 0. The Morgan fingerprint density at radius 3 is 0.779 bits per heavy atom. The van der Waals surface area contributed by atoms with Gasteiger partial charge in [-0.2, -0.15) is 0 Å². The standard InChI is InChI=1S/C68H54/c1-67(2,3)49-31-25-45(26-32-49)59-42-66-62-38-48(30-36-56(62)60(40-64(66)54-24-16-14-22-52(54)59)46-27-33-50(34-28-46)68(4,5)6)47-29-35-55-58(44-19-11-8-12-20-44)39-63-53-23-15-13-21-51(53)57(41-65(63)61(55)37-47)43-17-9-7-10-18-43/h7-42H,1-6H3. The summed E-state index contributed by atoms with van der Waals surface area (Å²) in [5.41, 5.74) is 15.2. The van der Waals surface area contributed by atoms with E-state index in [1.165, 1.54) is 131 Å². The van der Waals surface area contributed by atoms with Gasteiger partial charge in [0.05, 0.1) is 0 Å². The lowest BCUT2D eigenvalue weighted by molar-refractivity contribution is 0.590. The number of rotatable bonds is 5. The summed E-state index contributed by atoms with van der Waals surface area (Å²) in [4.78, 5) is 0. The lowest BCUT2D eigenvalue weighted by Gasteiger charge is -2.21. The zero-order valence-corrected chi connectivity index (χ0v) is 39.8. The van der Waals surface area contributed by atoms with Crippen LogP contribution in [0.25, 0.3) is 120 Å². The van der Waals surface area contributed by atoms with Gasteiger partial charge in [-0.3, -0.25) is 0 Å². The lowest BCUT2D eigenvalue weighted by Crippen LogP contribution is -2.10. The number of fused-ring (bicyclic) bond motifs is 10. The Morgan fingerprint density at radius 1 is 0.191 bits per heavy atom. The van der Waals surface area contributed by atoms with Gasteiger partial charge in [0.2, 0.25) is 0 Å². The van der Waals surface area contributed by atoms with Crippen LogP contribution in [0.3, 0.4) is 0 Å². The predicted octanol–water partition coefficient (Wildman–Crippen LogP) is 19.5. The summed E-state index contributed by atoms with van der Waals surface area (Å²) >= 11 is 0. The molecule has 0 fully saturated rings. The maximum absolute atomic E-state index is 2.47. The molecule has 0 atom stereocenters. The molecule has 0 N–H and O–H groups in total. The normalized spacial score (nSPS) is 12.3. The van der Waals surface area contributed by atoms with Crippen LogP contribution in [0.2, 0.25) is 0 Å². The summed E-state index contributed by atoms with van der Waals surface area (Å²) in [5, 5.41) is 15.2. The molecule has 68 heavy (non-hydrogen) atoms. The predicted molar refractivity (Wildman–Crippen MR) is 296 cm³/mol. The third-order valence-corrected chi connectivity index (χ3v) is 14.6. The molecule has 0 unspecified atom stereocenters. The highest BCUT2D eigenvalue weighted by Gasteiger charge is 2.20. The topological polar surface area (TPSA) is 0 Å². The van der Waals surface area contributed by atoms with Crippen molar-refractivity contribution < 1.29 is 0 Å². The summed E-state index contributed by atoms with van der Waals surface area (Å²) in [5.74, 6) is 0. The van der Waals surface area contributed by atoms with E-state index in [1.807, 2.05) is 0 Å². The molecule has 0 bridgehead atoms. The molecule has 12 rings (SSSR count). The third-order valence-electron chi connectivity index (χ3n) is 14.6. The highest BCUT2D eigenvalue weighted by molar-refractivity contribution is 6.26. The minimum atomic E-state index is 0.0693. The van der Waals surface area contributed by atoms with E-state index in [4.69, 9.17) is 0 Å². The quantitative estimate of drug-likeness (QED) is 0.151. The molecule has 0 radical (unpaired) electrons. The van der Waals surface area contributed by atoms with Gasteiger partial charge in [-0.25, -0.2) is 0 Å². The van der Waals surface area contributed by atoms with E-state index in [1.54, 1.807) is 0 Å². The Kier molecular flexibility index (Phi) is 9.75. The molecule has 0 aliphatic rings. The minimum Gasteiger partial charge on any atom is -0.0622 e. The van der Waals surface area contributed by atoms with Crippen molar-refractivity contribution in [3.63, 3.8) is 0 Å². The highest BCUT2D eigenvalue weighted by atomic mass is 14.2. The van der Waals surface area contributed by atoms with Gasteiger partial charge in [-0.1, -0.05) is 224 Å². The molecular formula is C68H54. The minimum absolute atomic E-state index is 0.0693. The highest BCUT2D eigenvalue weighted by Crippen LogP contribution is 2.46. The average molecular weight is 871 g/mol. The van der Waals surface area contributed by atoms with E-state index in [2.05, 4.69) is 260 Å². The van der Waals surface area contributed by atoms with E-state index in [0.29, 0.717) is 0 Å². The molecular weight excluding hydrogens is 817 g/mol. The molecule has 0 spiro atoms. The summed E-state index contributed by atoms with van der Waals surface area (Å²) in [6.45, 7) is 13.7. The maximum Gasteiger partial charge on any atom is -0.00921 e. The lowest BCUT2D eigenvalue weighted by atomic mass is 9.83. The van der Waals surface area contributed by atoms with Gasteiger partial charge in [0.1, 0.15) is 0 Å². The second-order valence-electron chi connectivity index (χ2n) is 20.9. The molecule has 326 valence electrons. The summed E-state index contributed by atoms with van der Waals surface area (Å²) in [7, 11) is 0. The van der Waals surface area contributed by atoms with E-state index in [-0.39, 0.29) is 10.8 Å². The molecule has 0 saturated carbocycles.